The monoisotopic (exact) mass is 294 g/mol. The first-order valence-corrected chi connectivity index (χ1v) is 6.67. The highest BCUT2D eigenvalue weighted by Crippen LogP contribution is 2.18. The molecule has 7 heteroatoms. The maximum atomic E-state index is 12.6. The zero-order chi connectivity index (χ0) is 15.2. The van der Waals surface area contributed by atoms with Gasteiger partial charge in [0.15, 0.2) is 0 Å². The number of carboxylic acids is 1. The second kappa shape index (κ2) is 7.05. The fourth-order valence-electron chi connectivity index (χ4n) is 2.23. The van der Waals surface area contributed by atoms with Crippen LogP contribution in [0.25, 0.3) is 0 Å². The van der Waals surface area contributed by atoms with Crippen LogP contribution in [0.1, 0.15) is 0 Å². The van der Waals surface area contributed by atoms with E-state index in [9.17, 15) is 14.7 Å². The van der Waals surface area contributed by atoms with Crippen LogP contribution in [0.2, 0.25) is 0 Å². The molecular formula is C14H18N2O5. The number of rotatable bonds is 4. The third-order valence-corrected chi connectivity index (χ3v) is 3.28. The van der Waals surface area contributed by atoms with Gasteiger partial charge in [-0.25, -0.2) is 4.79 Å². The van der Waals surface area contributed by atoms with Gasteiger partial charge in [0.05, 0.1) is 25.9 Å². The van der Waals surface area contributed by atoms with Crippen molar-refractivity contribution in [2.75, 3.05) is 37.8 Å². The molecule has 1 atom stereocenters. The van der Waals surface area contributed by atoms with Gasteiger partial charge in [-0.05, 0) is 12.1 Å². The van der Waals surface area contributed by atoms with Crippen LogP contribution in [0.15, 0.2) is 30.3 Å². The molecule has 0 radical (unpaired) electrons. The molecule has 1 aliphatic rings. The Morgan fingerprint density at radius 1 is 1.33 bits per heavy atom. The number of aliphatic carboxylic acids is 1. The zero-order valence-corrected chi connectivity index (χ0v) is 11.5. The van der Waals surface area contributed by atoms with Crippen LogP contribution in [0.5, 0.6) is 0 Å². The van der Waals surface area contributed by atoms with Crippen molar-refractivity contribution in [2.24, 2.45) is 0 Å². The van der Waals surface area contributed by atoms with E-state index in [0.717, 1.165) is 0 Å². The van der Waals surface area contributed by atoms with E-state index in [4.69, 9.17) is 9.84 Å². The Hall–Kier alpha value is -2.12. The van der Waals surface area contributed by atoms with Gasteiger partial charge in [0.25, 0.3) is 0 Å². The quantitative estimate of drug-likeness (QED) is 0.838. The summed E-state index contributed by atoms with van der Waals surface area (Å²) in [5, 5.41) is 18.4. The minimum absolute atomic E-state index is 0.221. The van der Waals surface area contributed by atoms with Gasteiger partial charge < -0.3 is 19.8 Å². The molecule has 1 aromatic rings. The molecule has 0 bridgehead atoms. The highest BCUT2D eigenvalue weighted by molar-refractivity contribution is 5.96. The number of aliphatic hydroxyl groups excluding tert-OH is 1. The molecule has 1 saturated heterocycles. The number of hydrogen-bond donors (Lipinski definition) is 2. The van der Waals surface area contributed by atoms with Crippen LogP contribution in [0, 0.1) is 0 Å². The molecule has 1 fully saturated rings. The van der Waals surface area contributed by atoms with Gasteiger partial charge in [-0.2, -0.15) is 0 Å². The summed E-state index contributed by atoms with van der Waals surface area (Å²) in [5.41, 5.74) is 0.507. The van der Waals surface area contributed by atoms with Crippen LogP contribution < -0.4 is 4.90 Å². The average molecular weight is 294 g/mol. The molecule has 21 heavy (non-hydrogen) atoms. The van der Waals surface area contributed by atoms with Gasteiger partial charge in [0, 0.05) is 12.2 Å². The molecule has 2 amide bonds. The van der Waals surface area contributed by atoms with E-state index in [2.05, 4.69) is 0 Å². The molecule has 1 aliphatic heterocycles. The normalized spacial score (nSPS) is 18.3. The molecule has 1 aromatic carbocycles. The molecule has 0 aromatic heterocycles. The van der Waals surface area contributed by atoms with Crippen molar-refractivity contribution in [2.45, 2.75) is 6.04 Å². The Balaban J connectivity index is 2.23. The molecule has 114 valence electrons. The number of benzene rings is 1. The molecule has 0 spiro atoms. The van der Waals surface area contributed by atoms with Gasteiger partial charge in [-0.15, -0.1) is 0 Å². The predicted molar refractivity (Wildman–Crippen MR) is 75.2 cm³/mol. The van der Waals surface area contributed by atoms with Crippen molar-refractivity contribution in [1.29, 1.82) is 0 Å². The van der Waals surface area contributed by atoms with E-state index in [0.29, 0.717) is 18.8 Å². The lowest BCUT2D eigenvalue weighted by Gasteiger charge is -2.37. The van der Waals surface area contributed by atoms with Crippen molar-refractivity contribution in [3.8, 4) is 0 Å². The lowest BCUT2D eigenvalue weighted by Crippen LogP contribution is -2.56. The second-order valence-electron chi connectivity index (χ2n) is 4.70. The summed E-state index contributed by atoms with van der Waals surface area (Å²) in [5.74, 6) is -1.10. The molecule has 0 aliphatic carbocycles. The van der Waals surface area contributed by atoms with E-state index in [1.807, 2.05) is 0 Å². The van der Waals surface area contributed by atoms with Crippen molar-refractivity contribution in [1.82, 2.24) is 4.90 Å². The lowest BCUT2D eigenvalue weighted by atomic mass is 10.2. The summed E-state index contributed by atoms with van der Waals surface area (Å²) in [6.07, 6.45) is 0. The number of ether oxygens (including phenoxy) is 1. The number of para-hydroxylation sites is 1. The van der Waals surface area contributed by atoms with Crippen molar-refractivity contribution >= 4 is 17.7 Å². The fourth-order valence-corrected chi connectivity index (χ4v) is 2.23. The number of urea groups is 1. The Labute approximate surface area is 122 Å². The number of hydrogen-bond acceptors (Lipinski definition) is 4. The third kappa shape index (κ3) is 3.71. The number of carbonyl (C=O) groups excluding carboxylic acids is 1. The molecule has 1 heterocycles. The smallest absolute Gasteiger partial charge is 0.325 e. The number of nitrogens with zero attached hydrogens (tertiary/aromatic N) is 2. The van der Waals surface area contributed by atoms with E-state index < -0.39 is 24.6 Å². The number of aliphatic hydroxyl groups is 1. The Kier molecular flexibility index (Phi) is 5.13. The van der Waals surface area contributed by atoms with E-state index in [-0.39, 0.29) is 13.2 Å². The first kappa shape index (κ1) is 15.3. The van der Waals surface area contributed by atoms with Crippen molar-refractivity contribution in [3.05, 3.63) is 30.3 Å². The first-order chi connectivity index (χ1) is 10.1. The standard InChI is InChI=1S/C14H18N2O5/c17-9-12-10-21-7-6-15(12)14(20)16(8-13(18)19)11-4-2-1-3-5-11/h1-5,12,17H,6-10H2,(H,18,19). The predicted octanol–water partition coefficient (Wildman–Crippen LogP) is 0.391. The Morgan fingerprint density at radius 3 is 2.67 bits per heavy atom. The summed E-state index contributed by atoms with van der Waals surface area (Å²) in [4.78, 5) is 26.3. The number of morpholine rings is 1. The van der Waals surface area contributed by atoms with Gasteiger partial charge >= 0.3 is 12.0 Å². The minimum atomic E-state index is -1.10. The largest absolute Gasteiger partial charge is 0.480 e. The van der Waals surface area contributed by atoms with E-state index in [1.165, 1.54) is 9.80 Å². The summed E-state index contributed by atoms with van der Waals surface area (Å²) >= 11 is 0. The van der Waals surface area contributed by atoms with E-state index in [1.54, 1.807) is 30.3 Å². The SMILES string of the molecule is O=C(O)CN(C(=O)N1CCOCC1CO)c1ccccc1. The summed E-state index contributed by atoms with van der Waals surface area (Å²) in [6.45, 7) is 0.294. The molecule has 1 unspecified atom stereocenters. The molecule has 7 nitrogen and oxygen atoms in total. The maximum Gasteiger partial charge on any atom is 0.325 e. The first-order valence-electron chi connectivity index (χ1n) is 6.67. The van der Waals surface area contributed by atoms with Crippen LogP contribution in [-0.4, -0.2) is 66.1 Å². The third-order valence-electron chi connectivity index (χ3n) is 3.28. The topological polar surface area (TPSA) is 90.3 Å². The average Bonchev–Trinajstić information content (AvgIpc) is 2.52. The maximum absolute atomic E-state index is 12.6. The number of amides is 2. The molecule has 2 N–H and O–H groups in total. The summed E-state index contributed by atoms with van der Waals surface area (Å²) in [7, 11) is 0. The molecule has 0 saturated carbocycles. The zero-order valence-electron chi connectivity index (χ0n) is 11.5. The Morgan fingerprint density at radius 2 is 2.05 bits per heavy atom. The lowest BCUT2D eigenvalue weighted by molar-refractivity contribution is -0.135. The summed E-state index contributed by atoms with van der Waals surface area (Å²) in [6, 6.07) is 7.72. The van der Waals surface area contributed by atoms with E-state index >= 15 is 0 Å². The van der Waals surface area contributed by atoms with Crippen LogP contribution in [0.4, 0.5) is 10.5 Å². The number of carboxylic acid groups (broad SMARTS) is 1. The number of anilines is 1. The number of carbonyl (C=O) groups is 2. The van der Waals surface area contributed by atoms with Crippen molar-refractivity contribution in [3.63, 3.8) is 0 Å². The Bertz CT molecular complexity index is 493. The van der Waals surface area contributed by atoms with Gasteiger partial charge in [0.2, 0.25) is 0 Å². The van der Waals surface area contributed by atoms with Crippen molar-refractivity contribution < 1.29 is 24.5 Å². The van der Waals surface area contributed by atoms with Gasteiger partial charge in [0.1, 0.15) is 6.54 Å². The second-order valence-corrected chi connectivity index (χ2v) is 4.70. The minimum Gasteiger partial charge on any atom is -0.480 e. The highest BCUT2D eigenvalue weighted by atomic mass is 16.5. The highest BCUT2D eigenvalue weighted by Gasteiger charge is 2.31. The van der Waals surface area contributed by atoms with Crippen LogP contribution >= 0.6 is 0 Å². The molecule has 2 rings (SSSR count). The van der Waals surface area contributed by atoms with Gasteiger partial charge in [-0.3, -0.25) is 9.69 Å². The van der Waals surface area contributed by atoms with Crippen LogP contribution in [0.3, 0.4) is 0 Å². The fraction of sp³-hybridized carbons (Fsp3) is 0.429. The van der Waals surface area contributed by atoms with Gasteiger partial charge in [-0.1, -0.05) is 18.2 Å². The molecular weight excluding hydrogens is 276 g/mol. The van der Waals surface area contributed by atoms with Crippen LogP contribution in [-0.2, 0) is 9.53 Å². The summed E-state index contributed by atoms with van der Waals surface area (Å²) < 4.78 is 5.23.